The molecule has 0 spiro atoms. The average molecular weight is 817 g/mol. The Hall–Kier alpha value is -6.18. The second kappa shape index (κ2) is 16.4. The lowest BCUT2D eigenvalue weighted by atomic mass is 9.99. The molecule has 2 aliphatic heterocycles. The third-order valence-electron chi connectivity index (χ3n) is 10.1. The van der Waals surface area contributed by atoms with E-state index in [2.05, 4.69) is 25.7 Å². The van der Waals surface area contributed by atoms with Gasteiger partial charge in [-0.25, -0.2) is 0 Å². The summed E-state index contributed by atoms with van der Waals surface area (Å²) in [6, 6.07) is 25.1. The van der Waals surface area contributed by atoms with Crippen LogP contribution in [0, 0.1) is 13.8 Å². The van der Waals surface area contributed by atoms with Crippen molar-refractivity contribution >= 4 is 46.3 Å². The van der Waals surface area contributed by atoms with E-state index in [9.17, 15) is 9.59 Å². The van der Waals surface area contributed by atoms with Gasteiger partial charge in [-0.15, -0.1) is 20.4 Å². The number of carbonyl (C=O) groups excluding carboxylic acids is 2. The number of ether oxygens (including phenoxy) is 2. The van der Waals surface area contributed by atoms with E-state index in [0.29, 0.717) is 62.8 Å². The minimum atomic E-state index is -0.628. The number of rotatable bonds is 12. The number of nitrogens with zero attached hydrogens (tertiary/aromatic N) is 8. The molecule has 13 nitrogen and oxygen atoms in total. The number of benzene rings is 4. The number of nitrogens with one attached hydrogen (secondary N) is 1. The maximum atomic E-state index is 13.8. The number of hydrogen-bond donors (Lipinski definition) is 1. The van der Waals surface area contributed by atoms with Crippen molar-refractivity contribution in [1.82, 2.24) is 34.8 Å². The molecular formula is C43H39Cl2N9O4. The Balaban J connectivity index is 1.07. The van der Waals surface area contributed by atoms with E-state index in [1.807, 2.05) is 103 Å². The molecule has 1 amide bonds. The monoisotopic (exact) mass is 815 g/mol. The fraction of sp³-hybridized carbons (Fsp3) is 0.256. The lowest BCUT2D eigenvalue weighted by Crippen LogP contribution is -2.25. The molecule has 4 aromatic carbocycles. The molecule has 0 saturated heterocycles. The Morgan fingerprint density at radius 2 is 1.19 bits per heavy atom. The Labute approximate surface area is 344 Å². The molecule has 0 aliphatic carbocycles. The molecule has 8 rings (SSSR count). The Bertz CT molecular complexity index is 2600. The van der Waals surface area contributed by atoms with Crippen molar-refractivity contribution in [2.24, 2.45) is 9.98 Å². The van der Waals surface area contributed by atoms with E-state index in [0.717, 1.165) is 33.6 Å². The fourth-order valence-electron chi connectivity index (χ4n) is 7.36. The van der Waals surface area contributed by atoms with E-state index >= 15 is 0 Å². The summed E-state index contributed by atoms with van der Waals surface area (Å²) in [5.74, 6) is 3.45. The number of carbonyl (C=O) groups is 2. The average Bonchev–Trinajstić information content (AvgIpc) is 3.72. The van der Waals surface area contributed by atoms with E-state index in [1.165, 1.54) is 0 Å². The van der Waals surface area contributed by atoms with Crippen LogP contribution >= 0.6 is 23.2 Å². The number of aliphatic imine (C=N–C) groups is 2. The van der Waals surface area contributed by atoms with Gasteiger partial charge in [-0.2, -0.15) is 0 Å². The minimum Gasteiger partial charge on any atom is -0.497 e. The van der Waals surface area contributed by atoms with Crippen LogP contribution in [0.3, 0.4) is 0 Å². The molecule has 2 aliphatic rings. The first-order valence-electron chi connectivity index (χ1n) is 18.9. The van der Waals surface area contributed by atoms with Crippen LogP contribution in [0.25, 0.3) is 11.4 Å². The Morgan fingerprint density at radius 3 is 1.71 bits per heavy atom. The summed E-state index contributed by atoms with van der Waals surface area (Å²) in [6.45, 7) is 6.23. The second-order valence-electron chi connectivity index (χ2n) is 13.9. The molecule has 0 saturated carbocycles. The lowest BCUT2D eigenvalue weighted by Gasteiger charge is -2.15. The zero-order chi connectivity index (χ0) is 40.5. The van der Waals surface area contributed by atoms with Gasteiger partial charge in [0.05, 0.1) is 42.9 Å². The van der Waals surface area contributed by atoms with Crippen molar-refractivity contribution in [3.05, 3.63) is 141 Å². The number of fused-ring (bicyclic) bond motifs is 6. The molecule has 0 radical (unpaired) electrons. The number of halogens is 2. The van der Waals surface area contributed by atoms with Crippen LogP contribution in [0.5, 0.6) is 11.5 Å². The predicted octanol–water partition coefficient (Wildman–Crippen LogP) is 7.52. The first kappa shape index (κ1) is 38.7. The van der Waals surface area contributed by atoms with Gasteiger partial charge in [-0.05, 0) is 81.4 Å². The molecule has 294 valence electrons. The highest BCUT2D eigenvalue weighted by atomic mass is 35.5. The highest BCUT2D eigenvalue weighted by Gasteiger charge is 2.32. The molecular weight excluding hydrogens is 777 g/mol. The highest BCUT2D eigenvalue weighted by Crippen LogP contribution is 2.37. The van der Waals surface area contributed by atoms with E-state index in [4.69, 9.17) is 42.7 Å². The van der Waals surface area contributed by atoms with Gasteiger partial charge in [0.15, 0.2) is 11.6 Å². The van der Waals surface area contributed by atoms with Crippen molar-refractivity contribution in [2.75, 3.05) is 20.3 Å². The molecule has 0 bridgehead atoms. The SMILES string of the molecule is CCNC(=O)C[C@H]1N=C(c2ccc(Cl)cc2)c2cc(OCCC(=O)C[C@@H]3N=C(c4ccc(Cl)cc4)c4cc(OC)ccc4-n4c(C)nnc43)ccc2-n2c(C)nnc21. The molecule has 6 aromatic rings. The topological polar surface area (TPSA) is 151 Å². The van der Waals surface area contributed by atoms with Crippen molar-refractivity contribution in [2.45, 2.75) is 52.1 Å². The summed E-state index contributed by atoms with van der Waals surface area (Å²) < 4.78 is 15.8. The highest BCUT2D eigenvalue weighted by molar-refractivity contribution is 6.31. The first-order chi connectivity index (χ1) is 28.1. The summed E-state index contributed by atoms with van der Waals surface area (Å²) in [5.41, 5.74) is 6.17. The molecule has 58 heavy (non-hydrogen) atoms. The van der Waals surface area contributed by atoms with Gasteiger partial charge in [0, 0.05) is 51.7 Å². The molecule has 4 heterocycles. The van der Waals surface area contributed by atoms with Crippen molar-refractivity contribution in [1.29, 1.82) is 0 Å². The first-order valence-corrected chi connectivity index (χ1v) is 19.6. The van der Waals surface area contributed by atoms with Crippen LogP contribution in [0.1, 0.15) is 83.8 Å². The summed E-state index contributed by atoms with van der Waals surface area (Å²) in [7, 11) is 1.62. The summed E-state index contributed by atoms with van der Waals surface area (Å²) in [5, 5.41) is 21.8. The van der Waals surface area contributed by atoms with E-state index in [1.54, 1.807) is 19.2 Å². The predicted molar refractivity (Wildman–Crippen MR) is 221 cm³/mol. The summed E-state index contributed by atoms with van der Waals surface area (Å²) in [4.78, 5) is 37.0. The largest absolute Gasteiger partial charge is 0.497 e. The minimum absolute atomic E-state index is 0.0592. The third kappa shape index (κ3) is 7.62. The molecule has 15 heteroatoms. The normalized spacial score (nSPS) is 15.4. The molecule has 2 aromatic heterocycles. The zero-order valence-corrected chi connectivity index (χ0v) is 33.8. The summed E-state index contributed by atoms with van der Waals surface area (Å²) >= 11 is 12.5. The Morgan fingerprint density at radius 1 is 0.690 bits per heavy atom. The van der Waals surface area contributed by atoms with Gasteiger partial charge in [0.2, 0.25) is 5.91 Å². The standard InChI is InChI=1S/C43H39Cl2N9O4/c1-5-46-39(56)23-36-43-52-50-25(3)54(43)38-17-15-32(22-34(38)41(48-36)27-8-12-29(45)13-9-27)58-19-18-30(55)20-35-42-51-49-24(2)53(42)37-16-14-31(57-4)21-33(37)40(47-35)26-6-10-28(44)11-7-26/h6-17,21-22,35-36H,5,18-20,23H2,1-4H3,(H,46,56)/t35-,36+/m0/s1. The maximum Gasteiger partial charge on any atom is 0.222 e. The van der Waals surface area contributed by atoms with Gasteiger partial charge in [-0.1, -0.05) is 47.5 Å². The number of methoxy groups -OCH3 is 1. The van der Waals surface area contributed by atoms with Crippen molar-refractivity contribution < 1.29 is 19.1 Å². The molecule has 0 unspecified atom stereocenters. The van der Waals surface area contributed by atoms with Gasteiger partial charge < -0.3 is 14.8 Å². The van der Waals surface area contributed by atoms with E-state index in [-0.39, 0.29) is 37.6 Å². The van der Waals surface area contributed by atoms with Gasteiger partial charge in [0.25, 0.3) is 0 Å². The van der Waals surface area contributed by atoms with Gasteiger partial charge in [0.1, 0.15) is 41.0 Å². The molecule has 1 N–H and O–H groups in total. The van der Waals surface area contributed by atoms with Crippen LogP contribution in [-0.2, 0) is 9.59 Å². The van der Waals surface area contributed by atoms with Crippen LogP contribution < -0.4 is 14.8 Å². The van der Waals surface area contributed by atoms with Gasteiger partial charge >= 0.3 is 0 Å². The number of amides is 1. The van der Waals surface area contributed by atoms with Crippen molar-refractivity contribution in [3.63, 3.8) is 0 Å². The van der Waals surface area contributed by atoms with Crippen LogP contribution in [0.2, 0.25) is 10.0 Å². The number of ketones is 1. The zero-order valence-electron chi connectivity index (χ0n) is 32.2. The third-order valence-corrected chi connectivity index (χ3v) is 10.6. The number of hydrogen-bond acceptors (Lipinski definition) is 10. The van der Waals surface area contributed by atoms with Crippen LogP contribution in [-0.4, -0.2) is 72.9 Å². The lowest BCUT2D eigenvalue weighted by molar-refractivity contribution is -0.121. The number of aromatic nitrogens is 6. The quantitative estimate of drug-likeness (QED) is 0.133. The van der Waals surface area contributed by atoms with Crippen molar-refractivity contribution in [3.8, 4) is 22.9 Å². The van der Waals surface area contributed by atoms with E-state index < -0.39 is 12.1 Å². The smallest absolute Gasteiger partial charge is 0.222 e. The van der Waals surface area contributed by atoms with Gasteiger partial charge in [-0.3, -0.25) is 28.7 Å². The van der Waals surface area contributed by atoms with Crippen LogP contribution in [0.15, 0.2) is 94.9 Å². The summed E-state index contributed by atoms with van der Waals surface area (Å²) in [6.07, 6.45) is 0.281. The molecule has 2 atom stereocenters. The maximum absolute atomic E-state index is 13.8. The number of Topliss-reactive ketones (excluding diaryl/α,β-unsaturated/α-hetero) is 1. The molecule has 0 fully saturated rings. The second-order valence-corrected chi connectivity index (χ2v) is 14.8. The van der Waals surface area contributed by atoms with Crippen LogP contribution in [0.4, 0.5) is 0 Å². The Kier molecular flexibility index (Phi) is 10.9. The number of aryl methyl sites for hydroxylation is 2. The fourth-order valence-corrected chi connectivity index (χ4v) is 7.61.